The topological polar surface area (TPSA) is 63.4 Å². The van der Waals surface area contributed by atoms with Gasteiger partial charge in [-0.1, -0.05) is 6.42 Å². The number of ether oxygens (including phenoxy) is 1. The maximum Gasteiger partial charge on any atom is 0.199 e. The molecule has 0 bridgehead atoms. The smallest absolute Gasteiger partial charge is 0.199 e. The Balaban J connectivity index is 2.04. The molecule has 2 rings (SSSR count). The van der Waals surface area contributed by atoms with Crippen LogP contribution in [0.4, 0.5) is 10.8 Å². The molecule has 3 N–H and O–H groups in total. The molecule has 1 aromatic heterocycles. The van der Waals surface area contributed by atoms with Crippen LogP contribution in [0.1, 0.15) is 33.1 Å². The summed E-state index contributed by atoms with van der Waals surface area (Å²) in [5.74, 6) is 1.17. The zero-order chi connectivity index (χ0) is 12.3. The molecule has 0 amide bonds. The normalized spacial score (nSPS) is 17.4. The third-order valence-electron chi connectivity index (χ3n) is 2.64. The number of nitrogens with zero attached hydrogens (tertiary/aromatic N) is 2. The lowest BCUT2D eigenvalue weighted by atomic mass is 10.2. The van der Waals surface area contributed by atoms with Crippen LogP contribution in [-0.4, -0.2) is 28.6 Å². The molecular weight excluding hydrogens is 236 g/mol. The van der Waals surface area contributed by atoms with Crippen molar-refractivity contribution in [2.45, 2.75) is 39.2 Å². The van der Waals surface area contributed by atoms with Gasteiger partial charge in [0.25, 0.3) is 0 Å². The Bertz CT molecular complexity index is 360. The molecule has 1 aliphatic rings. The minimum atomic E-state index is 0.107. The Morgan fingerprint density at radius 3 is 2.71 bits per heavy atom. The van der Waals surface area contributed by atoms with Crippen molar-refractivity contribution in [3.8, 4) is 5.75 Å². The van der Waals surface area contributed by atoms with Gasteiger partial charge in [-0.25, -0.2) is 5.01 Å². The Labute approximate surface area is 106 Å². The summed E-state index contributed by atoms with van der Waals surface area (Å²) in [6.45, 7) is 6.11. The number of rotatable bonds is 4. The molecule has 5 nitrogen and oxygen atoms in total. The second kappa shape index (κ2) is 5.55. The van der Waals surface area contributed by atoms with E-state index in [-0.39, 0.29) is 6.10 Å². The predicted molar refractivity (Wildman–Crippen MR) is 71.3 cm³/mol. The average Bonchev–Trinajstić information content (AvgIpc) is 2.62. The van der Waals surface area contributed by atoms with Crippen LogP contribution in [-0.2, 0) is 0 Å². The zero-order valence-corrected chi connectivity index (χ0v) is 11.2. The minimum absolute atomic E-state index is 0.107. The first-order chi connectivity index (χ1) is 8.16. The highest BCUT2D eigenvalue weighted by molar-refractivity contribution is 7.11. The molecule has 6 heteroatoms. The summed E-state index contributed by atoms with van der Waals surface area (Å²) in [5.41, 5.74) is 9.17. The van der Waals surface area contributed by atoms with Gasteiger partial charge in [0.1, 0.15) is 0 Å². The molecule has 1 fully saturated rings. The molecule has 17 heavy (non-hydrogen) atoms. The van der Waals surface area contributed by atoms with Gasteiger partial charge < -0.3 is 15.9 Å². The molecule has 0 radical (unpaired) electrons. The first kappa shape index (κ1) is 12.4. The molecule has 1 saturated heterocycles. The van der Waals surface area contributed by atoms with Crippen LogP contribution in [0.5, 0.6) is 5.75 Å². The third-order valence-corrected chi connectivity index (χ3v) is 3.39. The number of nitrogens with one attached hydrogen (secondary N) is 1. The fraction of sp³-hybridized carbons (Fsp3) is 0.727. The summed E-state index contributed by atoms with van der Waals surface area (Å²) in [6, 6.07) is 0. The number of nitrogen functional groups attached to an aromatic ring is 1. The fourth-order valence-corrected chi connectivity index (χ4v) is 2.54. The van der Waals surface area contributed by atoms with Crippen LogP contribution in [0.25, 0.3) is 0 Å². The van der Waals surface area contributed by atoms with Gasteiger partial charge in [-0.15, -0.1) is 0 Å². The van der Waals surface area contributed by atoms with Crippen molar-refractivity contribution in [2.75, 3.05) is 24.2 Å². The predicted octanol–water partition coefficient (Wildman–Crippen LogP) is 2.33. The average molecular weight is 256 g/mol. The minimum Gasteiger partial charge on any atom is -0.484 e. The Kier molecular flexibility index (Phi) is 4.06. The second-order valence-corrected chi connectivity index (χ2v) is 5.33. The maximum atomic E-state index is 5.81. The van der Waals surface area contributed by atoms with Crippen LogP contribution in [0.3, 0.4) is 0 Å². The lowest BCUT2D eigenvalue weighted by molar-refractivity contribution is 0.240. The van der Waals surface area contributed by atoms with E-state index in [0.717, 1.165) is 18.1 Å². The lowest BCUT2D eigenvalue weighted by Crippen LogP contribution is -2.34. The number of hydrogen-bond acceptors (Lipinski definition) is 6. The molecular formula is C11H20N4OS. The number of aromatic nitrogens is 1. The molecule has 96 valence electrons. The van der Waals surface area contributed by atoms with Gasteiger partial charge in [-0.2, -0.15) is 4.37 Å². The van der Waals surface area contributed by atoms with E-state index in [0.29, 0.717) is 11.6 Å². The maximum absolute atomic E-state index is 5.81. The highest BCUT2D eigenvalue weighted by atomic mass is 32.1. The van der Waals surface area contributed by atoms with Crippen molar-refractivity contribution in [3.05, 3.63) is 0 Å². The summed E-state index contributed by atoms with van der Waals surface area (Å²) in [4.78, 5) is 0. The largest absolute Gasteiger partial charge is 0.484 e. The van der Waals surface area contributed by atoms with E-state index in [1.54, 1.807) is 0 Å². The first-order valence-electron chi connectivity index (χ1n) is 6.10. The molecule has 0 saturated carbocycles. The molecule has 0 unspecified atom stereocenters. The van der Waals surface area contributed by atoms with E-state index in [9.17, 15) is 0 Å². The molecule has 0 aromatic carbocycles. The van der Waals surface area contributed by atoms with Gasteiger partial charge in [0, 0.05) is 13.1 Å². The van der Waals surface area contributed by atoms with E-state index in [1.807, 2.05) is 13.8 Å². The molecule has 1 aromatic rings. The Morgan fingerprint density at radius 2 is 2.06 bits per heavy atom. The lowest BCUT2D eigenvalue weighted by Gasteiger charge is -2.27. The number of piperidine rings is 1. The zero-order valence-electron chi connectivity index (χ0n) is 10.4. The van der Waals surface area contributed by atoms with Crippen LogP contribution < -0.4 is 15.9 Å². The van der Waals surface area contributed by atoms with Gasteiger partial charge in [-0.05, 0) is 38.2 Å². The third kappa shape index (κ3) is 3.23. The van der Waals surface area contributed by atoms with Crippen molar-refractivity contribution in [1.29, 1.82) is 0 Å². The molecule has 0 atom stereocenters. The van der Waals surface area contributed by atoms with Crippen LogP contribution in [0, 0.1) is 0 Å². The Morgan fingerprint density at radius 1 is 1.35 bits per heavy atom. The van der Waals surface area contributed by atoms with Gasteiger partial charge >= 0.3 is 0 Å². The van der Waals surface area contributed by atoms with E-state index >= 15 is 0 Å². The van der Waals surface area contributed by atoms with Gasteiger partial charge in [-0.3, -0.25) is 0 Å². The van der Waals surface area contributed by atoms with E-state index < -0.39 is 0 Å². The number of hydrazine groups is 1. The SMILES string of the molecule is CC(C)Oc1c(N)nsc1NN1CCCCC1. The van der Waals surface area contributed by atoms with Gasteiger partial charge in [0.2, 0.25) is 0 Å². The van der Waals surface area contributed by atoms with Crippen LogP contribution in [0.15, 0.2) is 0 Å². The summed E-state index contributed by atoms with van der Waals surface area (Å²) in [6.07, 6.45) is 3.90. The van der Waals surface area contributed by atoms with Gasteiger partial charge in [0.05, 0.1) is 6.10 Å². The highest BCUT2D eigenvalue weighted by Crippen LogP contribution is 2.36. The second-order valence-electron chi connectivity index (χ2n) is 4.55. The van der Waals surface area contributed by atoms with Crippen LogP contribution >= 0.6 is 11.5 Å². The van der Waals surface area contributed by atoms with E-state index in [2.05, 4.69) is 14.8 Å². The van der Waals surface area contributed by atoms with Crippen molar-refractivity contribution < 1.29 is 4.74 Å². The molecule has 0 spiro atoms. The van der Waals surface area contributed by atoms with Gasteiger partial charge in [0.15, 0.2) is 16.6 Å². The van der Waals surface area contributed by atoms with Crippen molar-refractivity contribution >= 4 is 22.4 Å². The summed E-state index contributed by atoms with van der Waals surface area (Å²) in [7, 11) is 0. The monoisotopic (exact) mass is 256 g/mol. The van der Waals surface area contributed by atoms with E-state index in [4.69, 9.17) is 10.5 Å². The summed E-state index contributed by atoms with van der Waals surface area (Å²) >= 11 is 1.36. The standard InChI is InChI=1S/C11H20N4OS/c1-8(2)16-9-10(12)14-17-11(9)13-15-6-4-3-5-7-15/h8,13H,3-7H2,1-2H3,(H2,12,14). The fourth-order valence-electron chi connectivity index (χ4n) is 1.86. The number of anilines is 2. The number of nitrogens with two attached hydrogens (primary N) is 1. The summed E-state index contributed by atoms with van der Waals surface area (Å²) in [5, 5.41) is 3.13. The summed E-state index contributed by atoms with van der Waals surface area (Å²) < 4.78 is 9.83. The van der Waals surface area contributed by atoms with Crippen molar-refractivity contribution in [2.24, 2.45) is 0 Å². The first-order valence-corrected chi connectivity index (χ1v) is 6.87. The number of hydrogen-bond donors (Lipinski definition) is 2. The van der Waals surface area contributed by atoms with E-state index in [1.165, 1.54) is 30.8 Å². The van der Waals surface area contributed by atoms with Crippen molar-refractivity contribution in [3.63, 3.8) is 0 Å². The van der Waals surface area contributed by atoms with Crippen LogP contribution in [0.2, 0.25) is 0 Å². The molecule has 1 aliphatic heterocycles. The quantitative estimate of drug-likeness (QED) is 0.865. The Hall–Kier alpha value is -1.01. The molecule has 2 heterocycles. The van der Waals surface area contributed by atoms with Crippen molar-refractivity contribution in [1.82, 2.24) is 9.38 Å². The highest BCUT2D eigenvalue weighted by Gasteiger charge is 2.18. The molecule has 0 aliphatic carbocycles.